The van der Waals surface area contributed by atoms with Crippen molar-refractivity contribution in [3.8, 4) is 6.07 Å². The number of urea groups is 1. The van der Waals surface area contributed by atoms with Gasteiger partial charge in [0, 0.05) is 10.6 Å². The van der Waals surface area contributed by atoms with E-state index in [1.54, 1.807) is 11.8 Å². The number of nitriles is 1. The molecule has 124 valence electrons. The molecular formula is C17H23N3O2S. The van der Waals surface area contributed by atoms with Crippen LogP contribution in [0.1, 0.15) is 32.6 Å². The Bertz CT molecular complexity index is 573. The van der Waals surface area contributed by atoms with E-state index in [0.29, 0.717) is 5.75 Å². The summed E-state index contributed by atoms with van der Waals surface area (Å²) in [6.07, 6.45) is 3.13. The monoisotopic (exact) mass is 333 g/mol. The van der Waals surface area contributed by atoms with E-state index < -0.39 is 6.10 Å². The molecule has 23 heavy (non-hydrogen) atoms. The Labute approximate surface area is 141 Å². The molecule has 2 amide bonds. The van der Waals surface area contributed by atoms with E-state index in [1.807, 2.05) is 31.2 Å². The minimum Gasteiger partial charge on any atom is -0.391 e. The lowest BCUT2D eigenvalue weighted by Gasteiger charge is -2.28. The van der Waals surface area contributed by atoms with Gasteiger partial charge >= 0.3 is 6.03 Å². The fraction of sp³-hybridized carbons (Fsp3) is 0.529. The van der Waals surface area contributed by atoms with Crippen LogP contribution in [0.2, 0.25) is 0 Å². The van der Waals surface area contributed by atoms with Gasteiger partial charge in [-0.15, -0.1) is 11.8 Å². The zero-order valence-electron chi connectivity index (χ0n) is 13.3. The highest BCUT2D eigenvalue weighted by Gasteiger charge is 2.24. The van der Waals surface area contributed by atoms with E-state index >= 15 is 0 Å². The molecule has 6 heteroatoms. The first-order valence-corrected chi connectivity index (χ1v) is 8.95. The van der Waals surface area contributed by atoms with E-state index in [2.05, 4.69) is 16.7 Å². The third-order valence-corrected chi connectivity index (χ3v) is 5.22. The van der Waals surface area contributed by atoms with Crippen LogP contribution in [0.3, 0.4) is 0 Å². The molecule has 3 atom stereocenters. The summed E-state index contributed by atoms with van der Waals surface area (Å²) < 4.78 is 0. The van der Waals surface area contributed by atoms with Crippen molar-refractivity contribution in [2.24, 2.45) is 5.92 Å². The fourth-order valence-corrected chi connectivity index (χ4v) is 3.51. The number of hydrogen-bond donors (Lipinski definition) is 3. The van der Waals surface area contributed by atoms with E-state index in [1.165, 1.54) is 0 Å². The summed E-state index contributed by atoms with van der Waals surface area (Å²) in [6, 6.07) is 9.28. The van der Waals surface area contributed by atoms with Crippen molar-refractivity contribution in [3.63, 3.8) is 0 Å². The highest BCUT2D eigenvalue weighted by atomic mass is 32.2. The number of nitrogens with one attached hydrogen (secondary N) is 2. The topological polar surface area (TPSA) is 85.2 Å². The average Bonchev–Trinajstić information content (AvgIpc) is 2.56. The van der Waals surface area contributed by atoms with Crippen molar-refractivity contribution < 1.29 is 9.90 Å². The summed E-state index contributed by atoms with van der Waals surface area (Å²) in [5, 5.41) is 24.5. The molecule has 0 aromatic heterocycles. The molecule has 1 fully saturated rings. The van der Waals surface area contributed by atoms with Crippen molar-refractivity contribution in [2.45, 2.75) is 49.6 Å². The predicted octanol–water partition coefficient (Wildman–Crippen LogP) is 3.36. The van der Waals surface area contributed by atoms with Gasteiger partial charge in [-0.05, 0) is 31.9 Å². The molecule has 3 unspecified atom stereocenters. The summed E-state index contributed by atoms with van der Waals surface area (Å²) in [6.45, 7) is 1.88. The summed E-state index contributed by atoms with van der Waals surface area (Å²) in [4.78, 5) is 13.1. The van der Waals surface area contributed by atoms with Gasteiger partial charge in [0.25, 0.3) is 0 Å². The molecule has 1 saturated carbocycles. The number of thioether (sulfide) groups is 1. The quantitative estimate of drug-likeness (QED) is 0.721. The van der Waals surface area contributed by atoms with Gasteiger partial charge in [0.2, 0.25) is 0 Å². The third-order valence-electron chi connectivity index (χ3n) is 3.89. The maximum absolute atomic E-state index is 12.2. The number of anilines is 1. The number of amides is 2. The van der Waals surface area contributed by atoms with Gasteiger partial charge in [-0.1, -0.05) is 25.0 Å². The van der Waals surface area contributed by atoms with Crippen LogP contribution >= 0.6 is 11.8 Å². The lowest BCUT2D eigenvalue weighted by atomic mass is 9.93. The van der Waals surface area contributed by atoms with Crippen molar-refractivity contribution >= 4 is 23.5 Å². The first-order chi connectivity index (χ1) is 11.1. The first-order valence-electron chi connectivity index (χ1n) is 7.97. The first kappa shape index (κ1) is 17.6. The van der Waals surface area contributed by atoms with Gasteiger partial charge in [-0.25, -0.2) is 4.79 Å². The number of carbonyl (C=O) groups excluding carboxylic acids is 1. The molecule has 1 aromatic carbocycles. The number of aliphatic hydroxyl groups is 1. The van der Waals surface area contributed by atoms with Crippen LogP contribution in [0.4, 0.5) is 10.5 Å². The Morgan fingerprint density at radius 1 is 1.43 bits per heavy atom. The SMILES string of the molecule is CC(C#N)CSc1ccccc1NC(=O)NC1CCCCC1O. The Balaban J connectivity index is 1.93. The van der Waals surface area contributed by atoms with Gasteiger partial charge < -0.3 is 15.7 Å². The molecule has 0 saturated heterocycles. The van der Waals surface area contributed by atoms with Gasteiger partial charge in [-0.3, -0.25) is 0 Å². The molecule has 0 aliphatic heterocycles. The summed E-state index contributed by atoms with van der Waals surface area (Å²) in [5.41, 5.74) is 0.727. The minimum atomic E-state index is -0.462. The van der Waals surface area contributed by atoms with Crippen LogP contribution in [0.25, 0.3) is 0 Å². The second kappa shape index (κ2) is 8.80. The number of benzene rings is 1. The Morgan fingerprint density at radius 3 is 2.91 bits per heavy atom. The largest absolute Gasteiger partial charge is 0.391 e. The number of para-hydroxylation sites is 1. The van der Waals surface area contributed by atoms with E-state index in [9.17, 15) is 9.90 Å². The maximum atomic E-state index is 12.2. The Morgan fingerprint density at radius 2 is 2.17 bits per heavy atom. The molecular weight excluding hydrogens is 310 g/mol. The molecule has 0 heterocycles. The molecule has 3 N–H and O–H groups in total. The van der Waals surface area contributed by atoms with Crippen LogP contribution in [-0.2, 0) is 0 Å². The summed E-state index contributed by atoms with van der Waals surface area (Å²) >= 11 is 1.55. The smallest absolute Gasteiger partial charge is 0.319 e. The van der Waals surface area contributed by atoms with Crippen molar-refractivity contribution in [1.29, 1.82) is 5.26 Å². The van der Waals surface area contributed by atoms with Crippen LogP contribution in [-0.4, -0.2) is 29.0 Å². The summed E-state index contributed by atoms with van der Waals surface area (Å²) in [7, 11) is 0. The zero-order valence-corrected chi connectivity index (χ0v) is 14.1. The van der Waals surface area contributed by atoms with Gasteiger partial charge in [0.1, 0.15) is 0 Å². The van der Waals surface area contributed by atoms with Crippen LogP contribution in [0, 0.1) is 17.2 Å². The number of aliphatic hydroxyl groups excluding tert-OH is 1. The van der Waals surface area contributed by atoms with Gasteiger partial charge in [-0.2, -0.15) is 5.26 Å². The maximum Gasteiger partial charge on any atom is 0.319 e. The standard InChI is InChI=1S/C17H23N3O2S/c1-12(10-18)11-23-16-9-5-3-7-14(16)20-17(22)19-13-6-2-4-8-15(13)21/h3,5,7,9,12-13,15,21H,2,4,6,8,11H2,1H3,(H2,19,20,22). The van der Waals surface area contributed by atoms with Crippen LogP contribution < -0.4 is 10.6 Å². The van der Waals surface area contributed by atoms with Crippen molar-refractivity contribution in [1.82, 2.24) is 5.32 Å². The van der Waals surface area contributed by atoms with E-state index in [4.69, 9.17) is 5.26 Å². The second-order valence-electron chi connectivity index (χ2n) is 5.89. The summed E-state index contributed by atoms with van der Waals surface area (Å²) in [5.74, 6) is 0.636. The van der Waals surface area contributed by atoms with Crippen molar-refractivity contribution in [3.05, 3.63) is 24.3 Å². The lowest BCUT2D eigenvalue weighted by Crippen LogP contribution is -2.46. The highest BCUT2D eigenvalue weighted by Crippen LogP contribution is 2.28. The molecule has 2 rings (SSSR count). The average molecular weight is 333 g/mol. The molecule has 0 bridgehead atoms. The predicted molar refractivity (Wildman–Crippen MR) is 92.4 cm³/mol. The molecule has 1 aliphatic carbocycles. The molecule has 0 spiro atoms. The van der Waals surface area contributed by atoms with Gasteiger partial charge in [0.15, 0.2) is 0 Å². The van der Waals surface area contributed by atoms with Crippen LogP contribution in [0.5, 0.6) is 0 Å². The van der Waals surface area contributed by atoms with Crippen LogP contribution in [0.15, 0.2) is 29.2 Å². The highest BCUT2D eigenvalue weighted by molar-refractivity contribution is 7.99. The minimum absolute atomic E-state index is 0.0423. The van der Waals surface area contributed by atoms with Gasteiger partial charge in [0.05, 0.1) is 29.8 Å². The lowest BCUT2D eigenvalue weighted by molar-refractivity contribution is 0.0955. The number of hydrogen-bond acceptors (Lipinski definition) is 4. The zero-order chi connectivity index (χ0) is 16.7. The molecule has 0 radical (unpaired) electrons. The molecule has 1 aliphatic rings. The number of nitrogens with zero attached hydrogens (tertiary/aromatic N) is 1. The van der Waals surface area contributed by atoms with E-state index in [-0.39, 0.29) is 18.0 Å². The number of carbonyl (C=O) groups is 1. The molecule has 1 aromatic rings. The normalized spacial score (nSPS) is 22.0. The Hall–Kier alpha value is -1.71. The van der Waals surface area contributed by atoms with E-state index in [0.717, 1.165) is 36.3 Å². The van der Waals surface area contributed by atoms with Crippen molar-refractivity contribution in [2.75, 3.05) is 11.1 Å². The Kier molecular flexibility index (Phi) is 6.75. The molecule has 5 nitrogen and oxygen atoms in total. The number of rotatable bonds is 5. The fourth-order valence-electron chi connectivity index (χ4n) is 2.55. The third kappa shape index (κ3) is 5.45. The second-order valence-corrected chi connectivity index (χ2v) is 6.96.